The van der Waals surface area contributed by atoms with Gasteiger partial charge in [-0.1, -0.05) is 11.6 Å². The molecule has 8 heteroatoms. The molecule has 2 aromatic carbocycles. The second kappa shape index (κ2) is 11.2. The van der Waals surface area contributed by atoms with Gasteiger partial charge in [0.2, 0.25) is 0 Å². The Morgan fingerprint density at radius 3 is 2.34 bits per heavy atom. The quantitative estimate of drug-likeness (QED) is 0.586. The highest BCUT2D eigenvalue weighted by molar-refractivity contribution is 6.30. The van der Waals surface area contributed by atoms with E-state index in [2.05, 4.69) is 5.32 Å². The fourth-order valence-electron chi connectivity index (χ4n) is 2.56. The Hall–Kier alpha value is -2.93. The first-order chi connectivity index (χ1) is 14.0. The van der Waals surface area contributed by atoms with Crippen molar-refractivity contribution in [1.29, 1.82) is 0 Å². The summed E-state index contributed by atoms with van der Waals surface area (Å²) in [6.45, 7) is 4.27. The van der Waals surface area contributed by atoms with Crippen molar-refractivity contribution in [3.8, 4) is 17.2 Å². The molecule has 0 aliphatic rings. The lowest BCUT2D eigenvalue weighted by Gasteiger charge is -2.13. The number of rotatable bonds is 10. The van der Waals surface area contributed by atoms with Crippen molar-refractivity contribution in [3.05, 3.63) is 47.0 Å². The highest BCUT2D eigenvalue weighted by Gasteiger charge is 2.14. The van der Waals surface area contributed by atoms with Gasteiger partial charge in [0.15, 0.2) is 18.1 Å². The zero-order valence-electron chi connectivity index (χ0n) is 16.6. The summed E-state index contributed by atoms with van der Waals surface area (Å²) in [6.07, 6.45) is -0.0610. The molecule has 0 fully saturated rings. The Morgan fingerprint density at radius 2 is 1.66 bits per heavy atom. The smallest absolute Gasteiger partial charge is 0.310 e. The fraction of sp³-hybridized carbons (Fsp3) is 0.333. The minimum atomic E-state index is -0.567. The lowest BCUT2D eigenvalue weighted by molar-refractivity contribution is -0.146. The molecule has 7 nitrogen and oxygen atoms in total. The molecule has 1 N–H and O–H groups in total. The van der Waals surface area contributed by atoms with Crippen LogP contribution in [0.4, 0.5) is 5.69 Å². The van der Waals surface area contributed by atoms with Gasteiger partial charge in [0.05, 0.1) is 26.7 Å². The zero-order chi connectivity index (χ0) is 21.2. The molecule has 0 radical (unpaired) electrons. The average Bonchev–Trinajstić information content (AvgIpc) is 2.69. The molecule has 156 valence electrons. The van der Waals surface area contributed by atoms with E-state index in [0.29, 0.717) is 46.7 Å². The van der Waals surface area contributed by atoms with Gasteiger partial charge in [-0.2, -0.15) is 0 Å². The molecule has 1 amide bonds. The van der Waals surface area contributed by atoms with E-state index in [9.17, 15) is 9.59 Å². The van der Waals surface area contributed by atoms with Gasteiger partial charge in [-0.25, -0.2) is 0 Å². The van der Waals surface area contributed by atoms with Gasteiger partial charge >= 0.3 is 5.97 Å². The number of esters is 1. The van der Waals surface area contributed by atoms with Crippen molar-refractivity contribution >= 4 is 29.2 Å². The summed E-state index contributed by atoms with van der Waals surface area (Å²) in [4.78, 5) is 24.2. The molecule has 0 aliphatic carbocycles. The van der Waals surface area contributed by atoms with E-state index in [-0.39, 0.29) is 6.42 Å². The van der Waals surface area contributed by atoms with Crippen molar-refractivity contribution in [3.63, 3.8) is 0 Å². The van der Waals surface area contributed by atoms with Crippen LogP contribution in [0.5, 0.6) is 17.2 Å². The van der Waals surface area contributed by atoms with Crippen LogP contribution in [0.1, 0.15) is 19.4 Å². The molecule has 0 saturated heterocycles. The summed E-state index contributed by atoms with van der Waals surface area (Å²) < 4.78 is 21.3. The van der Waals surface area contributed by atoms with Crippen LogP contribution in [0.3, 0.4) is 0 Å². The molecule has 0 atom stereocenters. The number of methoxy groups -OCH3 is 1. The van der Waals surface area contributed by atoms with Gasteiger partial charge in [0, 0.05) is 22.3 Å². The molecular formula is C21H24ClNO6. The van der Waals surface area contributed by atoms with Crippen LogP contribution in [0, 0.1) is 0 Å². The molecule has 2 rings (SSSR count). The Morgan fingerprint density at radius 1 is 0.966 bits per heavy atom. The van der Waals surface area contributed by atoms with Gasteiger partial charge in [-0.05, 0) is 44.2 Å². The topological polar surface area (TPSA) is 83.1 Å². The van der Waals surface area contributed by atoms with E-state index in [1.165, 1.54) is 7.11 Å². The summed E-state index contributed by atoms with van der Waals surface area (Å²) in [7, 11) is 1.50. The maximum absolute atomic E-state index is 12.1. The van der Waals surface area contributed by atoms with E-state index in [1.54, 1.807) is 36.4 Å². The first-order valence-electron chi connectivity index (χ1n) is 9.14. The number of carbonyl (C=O) groups is 2. The van der Waals surface area contributed by atoms with Crippen molar-refractivity contribution in [2.75, 3.05) is 32.2 Å². The second-order valence-electron chi connectivity index (χ2n) is 5.87. The van der Waals surface area contributed by atoms with Gasteiger partial charge in [0.25, 0.3) is 5.91 Å². The first-order valence-corrected chi connectivity index (χ1v) is 9.52. The van der Waals surface area contributed by atoms with Gasteiger partial charge in [0.1, 0.15) is 5.75 Å². The lowest BCUT2D eigenvalue weighted by Crippen LogP contribution is -2.21. The molecule has 0 aliphatic heterocycles. The molecular weight excluding hydrogens is 398 g/mol. The lowest BCUT2D eigenvalue weighted by atomic mass is 10.1. The predicted octanol–water partition coefficient (Wildman–Crippen LogP) is 3.87. The minimum Gasteiger partial charge on any atom is -0.496 e. The molecule has 0 saturated carbocycles. The first kappa shape index (κ1) is 22.4. The molecule has 0 unspecified atom stereocenters. The number of hydrogen-bond acceptors (Lipinski definition) is 6. The third kappa shape index (κ3) is 6.87. The minimum absolute atomic E-state index is 0.0610. The Balaban J connectivity index is 1.92. The molecule has 29 heavy (non-hydrogen) atoms. The van der Waals surface area contributed by atoms with Gasteiger partial charge in [-0.15, -0.1) is 0 Å². The third-order valence-corrected chi connectivity index (χ3v) is 4.00. The average molecular weight is 422 g/mol. The number of amides is 1. The van der Waals surface area contributed by atoms with Gasteiger partial charge in [-0.3, -0.25) is 9.59 Å². The third-order valence-electron chi connectivity index (χ3n) is 3.77. The second-order valence-corrected chi connectivity index (χ2v) is 6.31. The van der Waals surface area contributed by atoms with Crippen LogP contribution in [0.15, 0.2) is 36.4 Å². The van der Waals surface area contributed by atoms with Crippen LogP contribution in [0.2, 0.25) is 5.02 Å². The van der Waals surface area contributed by atoms with Crippen LogP contribution < -0.4 is 19.5 Å². The van der Waals surface area contributed by atoms with Crippen LogP contribution in [0.25, 0.3) is 0 Å². The van der Waals surface area contributed by atoms with Crippen molar-refractivity contribution in [2.24, 2.45) is 0 Å². The van der Waals surface area contributed by atoms with E-state index in [0.717, 1.165) is 0 Å². The van der Waals surface area contributed by atoms with E-state index in [1.807, 2.05) is 13.8 Å². The highest BCUT2D eigenvalue weighted by atomic mass is 35.5. The Kier molecular flexibility index (Phi) is 8.61. The van der Waals surface area contributed by atoms with E-state index in [4.69, 9.17) is 30.5 Å². The van der Waals surface area contributed by atoms with E-state index < -0.39 is 18.5 Å². The summed E-state index contributed by atoms with van der Waals surface area (Å²) in [5.41, 5.74) is 1.09. The Bertz CT molecular complexity index is 855. The number of anilines is 1. The predicted molar refractivity (Wildman–Crippen MR) is 110 cm³/mol. The Labute approximate surface area is 174 Å². The number of carbonyl (C=O) groups excluding carboxylic acids is 2. The molecule has 0 heterocycles. The fourth-order valence-corrected chi connectivity index (χ4v) is 2.76. The number of hydrogen-bond donors (Lipinski definition) is 1. The van der Waals surface area contributed by atoms with Crippen molar-refractivity contribution < 1.29 is 28.5 Å². The molecule has 2 aromatic rings. The molecule has 0 bridgehead atoms. The largest absolute Gasteiger partial charge is 0.496 e. The van der Waals surface area contributed by atoms with Crippen LogP contribution in [-0.2, 0) is 20.7 Å². The van der Waals surface area contributed by atoms with Crippen molar-refractivity contribution in [1.82, 2.24) is 0 Å². The van der Waals surface area contributed by atoms with Crippen LogP contribution >= 0.6 is 11.6 Å². The summed E-state index contributed by atoms with van der Waals surface area (Å²) in [6, 6.07) is 10.0. The van der Waals surface area contributed by atoms with Crippen molar-refractivity contribution in [2.45, 2.75) is 20.3 Å². The normalized spacial score (nSPS) is 10.2. The van der Waals surface area contributed by atoms with E-state index >= 15 is 0 Å². The molecule has 0 aromatic heterocycles. The highest BCUT2D eigenvalue weighted by Crippen LogP contribution is 2.30. The molecule has 0 spiro atoms. The number of halogens is 1. The van der Waals surface area contributed by atoms with Crippen LogP contribution in [-0.4, -0.2) is 38.8 Å². The standard InChI is InChI=1S/C21H24ClNO6/c1-4-27-18-9-7-16(12-19(18)28-5-2)23-20(24)13-29-21(25)11-14-10-15(22)6-8-17(14)26-3/h6-10,12H,4-5,11,13H2,1-3H3,(H,23,24). The number of benzene rings is 2. The summed E-state index contributed by atoms with van der Waals surface area (Å²) >= 11 is 5.95. The number of ether oxygens (including phenoxy) is 4. The summed E-state index contributed by atoms with van der Waals surface area (Å²) in [5.74, 6) is 0.602. The SMILES string of the molecule is CCOc1ccc(NC(=O)COC(=O)Cc2cc(Cl)ccc2OC)cc1OCC. The monoisotopic (exact) mass is 421 g/mol. The number of nitrogens with one attached hydrogen (secondary N) is 1. The maximum atomic E-state index is 12.1. The maximum Gasteiger partial charge on any atom is 0.310 e. The summed E-state index contributed by atoms with van der Waals surface area (Å²) in [5, 5.41) is 3.14. The van der Waals surface area contributed by atoms with Gasteiger partial charge < -0.3 is 24.3 Å². The zero-order valence-corrected chi connectivity index (χ0v) is 17.4.